The van der Waals surface area contributed by atoms with E-state index in [1.807, 2.05) is 373 Å². The lowest BCUT2D eigenvalue weighted by molar-refractivity contribution is 0.0979. The number of ketones is 3. The molecule has 4 aliphatic carbocycles. The Bertz CT molecular complexity index is 5580. The first kappa shape index (κ1) is 150. The number of nitrogens with two attached hydrogens (primary N) is 1. The van der Waals surface area contributed by atoms with Gasteiger partial charge in [-0.05, 0) is 183 Å². The number of hydrogen-bond acceptors (Lipinski definition) is 11. The summed E-state index contributed by atoms with van der Waals surface area (Å²) in [6, 6.07) is 108. The fourth-order valence-corrected chi connectivity index (χ4v) is 14.8. The van der Waals surface area contributed by atoms with Crippen molar-refractivity contribution in [2.75, 3.05) is 61.8 Å². The molecule has 13 nitrogen and oxygen atoms in total. The molecule has 4 heterocycles. The van der Waals surface area contributed by atoms with Crippen LogP contribution in [-0.4, -0.2) is 74.1 Å². The SMILES string of the molecule is C1=C\c2ccccc2NCc2ccccc2/1.CBr.CBr.CBr.CBr.CBr.CBr.CC.CC.CC.CC.CC.CC.CC.CC.CC.CC.CC.CC.CC.NNc1ccccc1.O=C1CCc2ccccc21.O=C1CCc2ccccc21.O=C1Nc2ccccc2C(=O)Cc2ccccc21.OC1Cc2ccccc2CNc2ccccc21.c1ccc(N/N=C2\CCc3ccccc32)cc1.c1ccc2c(c1)Cc1c-2[nH]c2ccccc12. The molecule has 820 valence electrons. The number of aromatic nitrogens is 1. The molecule has 14 aromatic rings. The molecule has 0 saturated heterocycles. The fraction of sp³-hybridized carbons (Fsp3) is 0.336. The quantitative estimate of drug-likeness (QED) is 0.0478. The topological polar surface area (TPSA) is 203 Å². The second kappa shape index (κ2) is 103. The van der Waals surface area contributed by atoms with E-state index < -0.39 is 6.10 Å². The van der Waals surface area contributed by atoms with Gasteiger partial charge in [0.1, 0.15) is 0 Å². The molecule has 3 aliphatic heterocycles. The molecular formula is C131H184Br6N8O5. The minimum atomic E-state index is -0.430. The minimum Gasteiger partial charge on any atom is -0.388 e. The maximum Gasteiger partial charge on any atom is 0.255 e. The van der Waals surface area contributed by atoms with Crippen LogP contribution in [0, 0.1) is 0 Å². The van der Waals surface area contributed by atoms with E-state index in [-0.39, 0.29) is 18.1 Å². The molecule has 1 unspecified atom stereocenters. The zero-order chi connectivity index (χ0) is 115. The summed E-state index contributed by atoms with van der Waals surface area (Å²) in [5.41, 5.74) is 34.7. The number of aromatic amines is 1. The minimum absolute atomic E-state index is 0.0260. The predicted molar refractivity (Wildman–Crippen MR) is 694 cm³/mol. The van der Waals surface area contributed by atoms with Gasteiger partial charge in [0.15, 0.2) is 17.3 Å². The van der Waals surface area contributed by atoms with E-state index in [4.69, 9.17) is 5.84 Å². The van der Waals surface area contributed by atoms with Gasteiger partial charge in [-0.15, -0.1) is 0 Å². The number of hydrazine groups is 1. The zero-order valence-electron chi connectivity index (χ0n) is 96.6. The molecule has 13 aromatic carbocycles. The summed E-state index contributed by atoms with van der Waals surface area (Å²) < 4.78 is 0. The van der Waals surface area contributed by atoms with Crippen molar-refractivity contribution in [2.24, 2.45) is 10.9 Å². The van der Waals surface area contributed by atoms with Crippen LogP contribution in [0.4, 0.5) is 28.4 Å². The van der Waals surface area contributed by atoms with Gasteiger partial charge in [0, 0.05) is 112 Å². The Kier molecular flexibility index (Phi) is 103. The Morgan fingerprint density at radius 2 is 0.633 bits per heavy atom. The Labute approximate surface area is 960 Å². The second-order valence-corrected chi connectivity index (χ2v) is 27.9. The Hall–Kier alpha value is -10.7. The molecule has 9 N–H and O–H groups in total. The number of nitrogens with zero attached hydrogens (tertiary/aromatic N) is 1. The van der Waals surface area contributed by atoms with Crippen molar-refractivity contribution in [1.29, 1.82) is 0 Å². The number of hydrogen-bond donors (Lipinski definition) is 8. The monoisotopic (exact) mass is 2420 g/mol. The van der Waals surface area contributed by atoms with Crippen molar-refractivity contribution in [3.8, 4) is 11.3 Å². The molecule has 19 heteroatoms. The van der Waals surface area contributed by atoms with Crippen LogP contribution >= 0.6 is 95.6 Å². The Balaban J connectivity index is -0.000000380. The number of rotatable bonds is 3. The molecule has 7 aliphatic rings. The summed E-state index contributed by atoms with van der Waals surface area (Å²) in [6.07, 6.45) is 11.4. The van der Waals surface area contributed by atoms with Crippen molar-refractivity contribution < 1.29 is 24.3 Å². The summed E-state index contributed by atoms with van der Waals surface area (Å²) in [6.45, 7) is 53.7. The van der Waals surface area contributed by atoms with Gasteiger partial charge in [0.2, 0.25) is 0 Å². The van der Waals surface area contributed by atoms with Gasteiger partial charge in [-0.25, -0.2) is 0 Å². The lowest BCUT2D eigenvalue weighted by atomic mass is 9.94. The normalized spacial score (nSPS) is 11.8. The average Bonchev–Trinajstić information content (AvgIpc) is 1.59. The van der Waals surface area contributed by atoms with Crippen LogP contribution < -0.4 is 32.6 Å². The third-order valence-corrected chi connectivity index (χ3v) is 20.7. The Morgan fingerprint density at radius 1 is 0.293 bits per heavy atom. The van der Waals surface area contributed by atoms with E-state index in [0.29, 0.717) is 47.6 Å². The summed E-state index contributed by atoms with van der Waals surface area (Å²) in [5, 5.41) is 25.8. The number of alkyl halides is 6. The molecule has 1 atom stereocenters. The van der Waals surface area contributed by atoms with Gasteiger partial charge in [-0.1, -0.05) is 555 Å². The number of amides is 1. The summed E-state index contributed by atoms with van der Waals surface area (Å²) in [5.74, 6) is 16.4. The number of fused-ring (bicyclic) bond motifs is 14. The summed E-state index contributed by atoms with van der Waals surface area (Å²) >= 11 is 17.6. The molecule has 1 amide bonds. The van der Waals surface area contributed by atoms with Crippen molar-refractivity contribution in [1.82, 2.24) is 4.98 Å². The highest BCUT2D eigenvalue weighted by Gasteiger charge is 2.25. The fourth-order valence-electron chi connectivity index (χ4n) is 14.8. The molecule has 0 radical (unpaired) electrons. The maximum absolute atomic E-state index is 12.2. The smallest absolute Gasteiger partial charge is 0.255 e. The van der Waals surface area contributed by atoms with E-state index in [1.54, 1.807) is 36.4 Å². The number of aliphatic hydroxyl groups excluding tert-OH is 1. The number of hydrazone groups is 1. The van der Waals surface area contributed by atoms with E-state index >= 15 is 0 Å². The molecule has 0 saturated carbocycles. The van der Waals surface area contributed by atoms with E-state index in [2.05, 4.69) is 278 Å². The standard InChI is InChI=1S/C15H14N2.C15H11NO2.C15H15NO.C15H11N.C15H13N.2C9H8O.C6H8N2.13C2H6.6CH3Br/c1-2-7-13(8-3-1)16-17-15-11-10-12-6-4-5-9-14(12)15;17-14-9-10-5-1-2-6-11(10)15(18)16-13-8-4-3-7-12(13)14;17-15-9-11-5-1-2-6-12(11)10-16-14-8-4-3-7-13(14)15;1-2-6-11-10(5-1)9-13-12-7-3-4-8-14(12)16-15(11)13;1-2-7-14-11-16-15-8-4-3-6-13(15)10-9-12(14)5-1;2*10-9-6-5-7-3-1-2-4-8(7)9;7-8-6-4-2-1-3-5-6;19*1-2/h1-9,16H,10-11H2;1-8H,9H2,(H,16,18);1-8,15-17H,9-10H2;1-8,16H,9H2;1-10,16H,11H2;2*1-4H,5-6H2;1-5,8H,7H2;13*1-2H3;6*1H3/b17-15+;;;;10-9-;;;;;;;;;;;;;;;;;;;;;;. The van der Waals surface area contributed by atoms with Crippen LogP contribution in [0.2, 0.25) is 0 Å². The van der Waals surface area contributed by atoms with Crippen LogP contribution in [0.25, 0.3) is 34.3 Å². The van der Waals surface area contributed by atoms with Crippen LogP contribution in [0.15, 0.2) is 333 Å². The van der Waals surface area contributed by atoms with E-state index in [9.17, 15) is 24.3 Å². The van der Waals surface area contributed by atoms with Gasteiger partial charge >= 0.3 is 0 Å². The number of Topliss-reactive ketones (excluding diaryl/α,β-unsaturated/α-hetero) is 3. The van der Waals surface area contributed by atoms with Gasteiger partial charge in [0.25, 0.3) is 5.91 Å². The molecule has 21 rings (SSSR count). The van der Waals surface area contributed by atoms with Crippen LogP contribution in [-0.2, 0) is 51.6 Å². The summed E-state index contributed by atoms with van der Waals surface area (Å²) in [7, 11) is 0. The van der Waals surface area contributed by atoms with Crippen molar-refractivity contribution >= 4 is 176 Å². The third kappa shape index (κ3) is 53.0. The largest absolute Gasteiger partial charge is 0.388 e. The van der Waals surface area contributed by atoms with Gasteiger partial charge in [0.05, 0.1) is 28.9 Å². The van der Waals surface area contributed by atoms with Crippen LogP contribution in [0.1, 0.15) is 319 Å². The zero-order valence-corrected chi connectivity index (χ0v) is 106. The van der Waals surface area contributed by atoms with Gasteiger partial charge in [-0.2, -0.15) is 5.10 Å². The van der Waals surface area contributed by atoms with Crippen molar-refractivity contribution in [3.05, 3.63) is 422 Å². The molecule has 0 fully saturated rings. The van der Waals surface area contributed by atoms with Crippen LogP contribution in [0.5, 0.6) is 0 Å². The van der Waals surface area contributed by atoms with E-state index in [1.165, 1.54) is 89.0 Å². The molecule has 0 bridgehead atoms. The highest BCUT2D eigenvalue weighted by Crippen LogP contribution is 2.40. The molecule has 150 heavy (non-hydrogen) atoms. The highest BCUT2D eigenvalue weighted by atomic mass is 79.9. The number of H-pyrrole nitrogens is 1. The average molecular weight is 2430 g/mol. The third-order valence-electron chi connectivity index (χ3n) is 20.7. The molecule has 1 aromatic heterocycles. The van der Waals surface area contributed by atoms with Crippen LogP contribution in [0.3, 0.4) is 0 Å². The summed E-state index contributed by atoms with van der Waals surface area (Å²) in [4.78, 5) is 49.9. The number of carbonyl (C=O) groups is 4. The predicted octanol–water partition coefficient (Wildman–Crippen LogP) is 40.5. The number of aliphatic hydroxyl groups is 1. The molecular weight excluding hydrogens is 2240 g/mol. The lowest BCUT2D eigenvalue weighted by Gasteiger charge is -2.22. The number of nitrogen functional groups attached to an aromatic ring is 1. The lowest BCUT2D eigenvalue weighted by Crippen LogP contribution is -2.21. The maximum atomic E-state index is 12.2. The van der Waals surface area contributed by atoms with E-state index in [0.717, 1.165) is 90.2 Å². The first-order valence-corrected chi connectivity index (χ1v) is 62.9. The highest BCUT2D eigenvalue weighted by molar-refractivity contribution is 9.09. The first-order valence-electron chi connectivity index (χ1n) is 53.4. The number of aryl methyl sites for hydroxylation is 3. The number of anilines is 5. The van der Waals surface area contributed by atoms with Gasteiger partial charge in [-0.3, -0.25) is 30.4 Å². The second-order valence-electron chi connectivity index (χ2n) is 27.9. The van der Waals surface area contributed by atoms with Crippen molar-refractivity contribution in [3.63, 3.8) is 0 Å². The number of benzene rings is 13. The molecule has 0 spiro atoms. The number of halogens is 6. The number of para-hydroxylation sites is 6. The Morgan fingerprint density at radius 3 is 1.12 bits per heavy atom. The van der Waals surface area contributed by atoms with Crippen molar-refractivity contribution in [2.45, 2.75) is 257 Å². The first-order chi connectivity index (χ1) is 74.1. The van der Waals surface area contributed by atoms with Gasteiger partial charge < -0.3 is 31.5 Å². The number of carbonyl (C=O) groups excluding carboxylic acids is 4. The number of nitrogens with one attached hydrogen (secondary N) is 6.